The minimum absolute atomic E-state index is 0.141. The van der Waals surface area contributed by atoms with Crippen LogP contribution in [0.5, 0.6) is 0 Å². The zero-order chi connectivity index (χ0) is 28.8. The molecule has 1 N–H and O–H groups in total. The lowest BCUT2D eigenvalue weighted by atomic mass is 10.0. The number of alkyl halides is 3. The van der Waals surface area contributed by atoms with Crippen LogP contribution in [0.1, 0.15) is 18.4 Å². The zero-order valence-corrected chi connectivity index (χ0v) is 22.0. The summed E-state index contributed by atoms with van der Waals surface area (Å²) in [6, 6.07) is 13.4. The van der Waals surface area contributed by atoms with Crippen molar-refractivity contribution in [2.24, 2.45) is 0 Å². The fourth-order valence-corrected chi connectivity index (χ4v) is 5.57. The minimum atomic E-state index is -4.48. The number of fused-ring (bicyclic) bond motifs is 2. The van der Waals surface area contributed by atoms with Crippen LogP contribution in [0, 0.1) is 0 Å². The first kappa shape index (κ1) is 25.8. The van der Waals surface area contributed by atoms with Crippen molar-refractivity contribution in [2.75, 3.05) is 28.2 Å². The molecule has 1 saturated heterocycles. The second kappa shape index (κ2) is 10.1. The summed E-state index contributed by atoms with van der Waals surface area (Å²) >= 11 is 0. The number of pyridine rings is 1. The van der Waals surface area contributed by atoms with Gasteiger partial charge in [-0.05, 0) is 55.3 Å². The standard InChI is InChI=1S/C30H23F3N6O3/c31-30(32,33)21-3-1-2-18(11-21)24-4-5-25-28(37-24)39(23-6-8-38(25)9-7-23)29(40)36-22-12-19(26-14-34-16-41-26)10-20(13-22)27-15-35-17-42-27/h1-5,10-17,23H,6-9H2,(H,36,40). The third-order valence-corrected chi connectivity index (χ3v) is 7.58. The van der Waals surface area contributed by atoms with Crippen molar-refractivity contribution in [1.29, 1.82) is 0 Å². The normalized spacial score (nSPS) is 15.0. The Labute approximate surface area is 237 Å². The van der Waals surface area contributed by atoms with E-state index in [0.717, 1.165) is 43.8 Å². The Morgan fingerprint density at radius 2 is 1.57 bits per heavy atom. The number of hydrogen-bond acceptors (Lipinski definition) is 7. The number of benzene rings is 2. The molecule has 212 valence electrons. The van der Waals surface area contributed by atoms with Gasteiger partial charge in [-0.2, -0.15) is 13.2 Å². The first-order chi connectivity index (χ1) is 20.3. The summed E-state index contributed by atoms with van der Waals surface area (Å²) in [7, 11) is 0. The van der Waals surface area contributed by atoms with E-state index in [-0.39, 0.29) is 6.04 Å². The number of nitrogens with one attached hydrogen (secondary N) is 1. The lowest BCUT2D eigenvalue weighted by Gasteiger charge is -2.31. The molecule has 1 fully saturated rings. The third-order valence-electron chi connectivity index (χ3n) is 7.58. The summed E-state index contributed by atoms with van der Waals surface area (Å²) in [5.41, 5.74) is 2.49. The van der Waals surface area contributed by atoms with Gasteiger partial charge >= 0.3 is 12.2 Å². The number of carbonyl (C=O) groups excluding carboxylic acids is 1. The number of amides is 2. The number of carbonyl (C=O) groups is 1. The minimum Gasteiger partial charge on any atom is -0.444 e. The fraction of sp³-hybridized carbons (Fsp3) is 0.200. The number of hydrogen-bond donors (Lipinski definition) is 1. The second-order valence-corrected chi connectivity index (χ2v) is 10.2. The molecule has 0 spiro atoms. The molecular formula is C30H23F3N6O3. The smallest absolute Gasteiger partial charge is 0.416 e. The molecule has 3 aromatic heterocycles. The predicted molar refractivity (Wildman–Crippen MR) is 149 cm³/mol. The Morgan fingerprint density at radius 3 is 2.19 bits per heavy atom. The van der Waals surface area contributed by atoms with Crippen LogP contribution in [-0.4, -0.2) is 40.1 Å². The first-order valence-electron chi connectivity index (χ1n) is 13.3. The number of rotatable bonds is 4. The molecule has 2 amide bonds. The summed E-state index contributed by atoms with van der Waals surface area (Å²) in [6.45, 7) is 1.48. The van der Waals surface area contributed by atoms with Gasteiger partial charge < -0.3 is 19.1 Å². The number of piperidine rings is 1. The average Bonchev–Trinajstić information content (AvgIpc) is 3.69. The van der Waals surface area contributed by atoms with Crippen molar-refractivity contribution >= 4 is 23.2 Å². The molecule has 3 aliphatic rings. The van der Waals surface area contributed by atoms with Crippen molar-refractivity contribution in [3.05, 3.63) is 85.3 Å². The van der Waals surface area contributed by atoms with E-state index in [4.69, 9.17) is 13.8 Å². The van der Waals surface area contributed by atoms with Crippen molar-refractivity contribution in [3.63, 3.8) is 0 Å². The van der Waals surface area contributed by atoms with Crippen LogP contribution in [0.4, 0.5) is 35.2 Å². The van der Waals surface area contributed by atoms with E-state index in [2.05, 4.69) is 20.2 Å². The second-order valence-electron chi connectivity index (χ2n) is 10.2. The molecule has 42 heavy (non-hydrogen) atoms. The molecule has 0 atom stereocenters. The SMILES string of the molecule is O=C(Nc1cc(-c2cnco2)cc(-c2cnco2)c1)N1c2nc(-c3cccc(C(F)(F)F)c3)ccc2N2CCC1CC2. The van der Waals surface area contributed by atoms with Crippen LogP contribution < -0.4 is 15.1 Å². The Morgan fingerprint density at radius 1 is 0.881 bits per heavy atom. The highest BCUT2D eigenvalue weighted by atomic mass is 19.4. The van der Waals surface area contributed by atoms with Gasteiger partial charge in [-0.3, -0.25) is 4.90 Å². The van der Waals surface area contributed by atoms with Gasteiger partial charge in [0.2, 0.25) is 0 Å². The van der Waals surface area contributed by atoms with Gasteiger partial charge in [0.05, 0.1) is 29.3 Å². The van der Waals surface area contributed by atoms with Crippen LogP contribution >= 0.6 is 0 Å². The van der Waals surface area contributed by atoms with Crippen LogP contribution in [0.15, 0.2) is 88.6 Å². The number of oxazole rings is 2. The number of urea groups is 1. The molecule has 0 saturated carbocycles. The molecule has 0 aliphatic carbocycles. The van der Waals surface area contributed by atoms with Gasteiger partial charge in [0.25, 0.3) is 0 Å². The summed E-state index contributed by atoms with van der Waals surface area (Å²) in [5, 5.41) is 3.01. The van der Waals surface area contributed by atoms with Gasteiger partial charge in [-0.1, -0.05) is 12.1 Å². The number of halogens is 3. The topological polar surface area (TPSA) is 101 Å². The molecule has 9 nitrogen and oxygen atoms in total. The van der Waals surface area contributed by atoms with Crippen LogP contribution in [0.3, 0.4) is 0 Å². The monoisotopic (exact) mass is 572 g/mol. The summed E-state index contributed by atoms with van der Waals surface area (Å²) < 4.78 is 51.3. The molecule has 3 aliphatic heterocycles. The van der Waals surface area contributed by atoms with E-state index in [1.165, 1.54) is 18.9 Å². The van der Waals surface area contributed by atoms with Crippen LogP contribution in [0.25, 0.3) is 33.9 Å². The summed E-state index contributed by atoms with van der Waals surface area (Å²) in [4.78, 5) is 30.6. The lowest BCUT2D eigenvalue weighted by molar-refractivity contribution is -0.137. The summed E-state index contributed by atoms with van der Waals surface area (Å²) in [5.74, 6) is 1.42. The van der Waals surface area contributed by atoms with E-state index in [1.807, 2.05) is 12.1 Å². The number of nitrogens with zero attached hydrogens (tertiary/aromatic N) is 5. The Balaban J connectivity index is 1.27. The first-order valence-corrected chi connectivity index (χ1v) is 13.3. The van der Waals surface area contributed by atoms with Crippen molar-refractivity contribution < 1.29 is 26.8 Å². The van der Waals surface area contributed by atoms with Crippen molar-refractivity contribution in [3.8, 4) is 33.9 Å². The fourth-order valence-electron chi connectivity index (χ4n) is 5.57. The van der Waals surface area contributed by atoms with E-state index in [9.17, 15) is 18.0 Å². The Kier molecular flexibility index (Phi) is 6.18. The molecule has 0 unspecified atom stereocenters. The lowest BCUT2D eigenvalue weighted by Crippen LogP contribution is -2.46. The van der Waals surface area contributed by atoms with Crippen molar-refractivity contribution in [1.82, 2.24) is 15.0 Å². The maximum Gasteiger partial charge on any atom is 0.416 e. The third kappa shape index (κ3) is 4.74. The molecule has 5 aromatic rings. The molecule has 0 radical (unpaired) electrons. The van der Waals surface area contributed by atoms with E-state index in [0.29, 0.717) is 45.4 Å². The number of anilines is 3. The van der Waals surface area contributed by atoms with Gasteiger partial charge in [-0.15, -0.1) is 0 Å². The molecule has 12 heteroatoms. The van der Waals surface area contributed by atoms with E-state index in [1.54, 1.807) is 41.6 Å². The molecule has 6 heterocycles. The van der Waals surface area contributed by atoms with Gasteiger partial charge in [0.15, 0.2) is 30.1 Å². The van der Waals surface area contributed by atoms with Crippen molar-refractivity contribution in [2.45, 2.75) is 25.1 Å². The average molecular weight is 573 g/mol. The maximum atomic E-state index is 14.0. The maximum absolute atomic E-state index is 14.0. The Bertz CT molecular complexity index is 1690. The molecule has 2 aromatic carbocycles. The number of aromatic nitrogens is 3. The van der Waals surface area contributed by atoms with Gasteiger partial charge in [0.1, 0.15) is 0 Å². The summed E-state index contributed by atoms with van der Waals surface area (Å²) in [6.07, 6.45) is 2.76. The Hall–Kier alpha value is -5.13. The highest BCUT2D eigenvalue weighted by Crippen LogP contribution is 2.40. The largest absolute Gasteiger partial charge is 0.444 e. The zero-order valence-electron chi connectivity index (χ0n) is 22.0. The van der Waals surface area contributed by atoms with Gasteiger partial charge in [-0.25, -0.2) is 19.7 Å². The predicted octanol–water partition coefficient (Wildman–Crippen LogP) is 7.10. The molecule has 2 bridgehead atoms. The van der Waals surface area contributed by atoms with Gasteiger partial charge in [0, 0.05) is 41.5 Å². The van der Waals surface area contributed by atoms with Crippen LogP contribution in [-0.2, 0) is 6.18 Å². The van der Waals surface area contributed by atoms with Crippen LogP contribution in [0.2, 0.25) is 0 Å². The molecule has 8 rings (SSSR count). The van der Waals surface area contributed by atoms with E-state index >= 15 is 0 Å². The molecular weight excluding hydrogens is 549 g/mol. The highest BCUT2D eigenvalue weighted by molar-refractivity contribution is 6.04. The quantitative estimate of drug-likeness (QED) is 0.245. The van der Waals surface area contributed by atoms with E-state index < -0.39 is 17.8 Å². The highest BCUT2D eigenvalue weighted by Gasteiger charge is 2.37.